The molecule has 0 aliphatic heterocycles. The highest BCUT2D eigenvalue weighted by Gasteiger charge is 2.10. The lowest BCUT2D eigenvalue weighted by molar-refractivity contribution is 0.292. The zero-order chi connectivity index (χ0) is 38.4. The number of rotatable bonds is 28. The largest absolute Gasteiger partial charge is 0.494 e. The highest BCUT2D eigenvalue weighted by molar-refractivity contribution is 5.39. The Morgan fingerprint density at radius 1 is 0.491 bits per heavy atom. The van der Waals surface area contributed by atoms with Crippen molar-refractivity contribution in [3.05, 3.63) is 145 Å². The first-order valence-electron chi connectivity index (χ1n) is 20.5. The highest BCUT2D eigenvalue weighted by Crippen LogP contribution is 2.21. The predicted molar refractivity (Wildman–Crippen MR) is 227 cm³/mol. The Morgan fingerprint density at radius 2 is 0.909 bits per heavy atom. The van der Waals surface area contributed by atoms with E-state index < -0.39 is 0 Å². The average molecular weight is 743 g/mol. The van der Waals surface area contributed by atoms with Gasteiger partial charge in [0.25, 0.3) is 0 Å². The molecule has 292 valence electrons. The summed E-state index contributed by atoms with van der Waals surface area (Å²) in [6.45, 7) is 5.65. The van der Waals surface area contributed by atoms with Gasteiger partial charge in [0.15, 0.2) is 0 Å². The Balaban J connectivity index is 1.17. The Hall–Kier alpha value is -5.04. The second-order valence-corrected chi connectivity index (χ2v) is 13.9. The summed E-state index contributed by atoms with van der Waals surface area (Å²) in [6.07, 6.45) is 22.0. The van der Waals surface area contributed by atoms with Crippen LogP contribution in [0.1, 0.15) is 102 Å². The molecule has 4 aromatic rings. The van der Waals surface area contributed by atoms with Crippen molar-refractivity contribution in [1.29, 1.82) is 0 Å². The number of unbranched alkanes of at least 4 members (excludes halogenated alkanes) is 4. The number of benzene rings is 4. The summed E-state index contributed by atoms with van der Waals surface area (Å²) in [6, 6.07) is 37.0. The minimum atomic E-state index is 0.0852. The normalized spacial score (nSPS) is 12.9. The van der Waals surface area contributed by atoms with Crippen molar-refractivity contribution in [2.75, 3.05) is 13.2 Å². The molecule has 0 fully saturated rings. The summed E-state index contributed by atoms with van der Waals surface area (Å²) in [5.41, 5.74) is 4.50. The number of para-hydroxylation sites is 2. The maximum Gasteiger partial charge on any atom is 0.119 e. The summed E-state index contributed by atoms with van der Waals surface area (Å²) in [7, 11) is 0. The summed E-state index contributed by atoms with van der Waals surface area (Å²) >= 11 is 0. The van der Waals surface area contributed by atoms with E-state index in [0.29, 0.717) is 13.2 Å². The number of allylic oxidation sites excluding steroid dienone is 2. The average Bonchev–Trinajstić information content (AvgIpc) is 3.23. The van der Waals surface area contributed by atoms with E-state index in [9.17, 15) is 0 Å². The lowest BCUT2D eigenvalue weighted by atomic mass is 10.1. The molecule has 0 heterocycles. The molecule has 2 atom stereocenters. The van der Waals surface area contributed by atoms with E-state index in [1.165, 1.54) is 36.8 Å². The monoisotopic (exact) mass is 742 g/mol. The van der Waals surface area contributed by atoms with E-state index in [4.69, 9.17) is 24.4 Å². The van der Waals surface area contributed by atoms with Crippen LogP contribution in [-0.4, -0.2) is 25.3 Å². The van der Waals surface area contributed by atoms with E-state index >= 15 is 0 Å². The molecule has 2 unspecified atom stereocenters. The number of ether oxygens (including phenoxy) is 3. The maximum absolute atomic E-state index is 5.97. The minimum absolute atomic E-state index is 0.0852. The van der Waals surface area contributed by atoms with Gasteiger partial charge in [-0.3, -0.25) is 0 Å². The van der Waals surface area contributed by atoms with Crippen LogP contribution in [0, 0.1) is 0 Å². The molecule has 0 amide bonds. The predicted octanol–water partition coefficient (Wildman–Crippen LogP) is 14.3. The van der Waals surface area contributed by atoms with Gasteiger partial charge in [-0.2, -0.15) is 20.5 Å². The van der Waals surface area contributed by atoms with Gasteiger partial charge >= 0.3 is 0 Å². The third kappa shape index (κ3) is 19.2. The molecule has 55 heavy (non-hydrogen) atoms. The Morgan fingerprint density at radius 3 is 1.31 bits per heavy atom. The number of nitrogens with zero attached hydrogens (tertiary/aromatic N) is 4. The van der Waals surface area contributed by atoms with Gasteiger partial charge in [-0.1, -0.05) is 87.4 Å². The van der Waals surface area contributed by atoms with Crippen LogP contribution in [0.25, 0.3) is 0 Å². The quantitative estimate of drug-likeness (QED) is 0.0330. The second-order valence-electron chi connectivity index (χ2n) is 13.9. The fourth-order valence-corrected chi connectivity index (χ4v) is 5.93. The third-order valence-corrected chi connectivity index (χ3v) is 9.28. The van der Waals surface area contributed by atoms with E-state index in [1.54, 1.807) is 12.5 Å². The number of aryl methyl sites for hydroxylation is 2. The highest BCUT2D eigenvalue weighted by atomic mass is 16.5. The lowest BCUT2D eigenvalue weighted by Crippen LogP contribution is -2.10. The van der Waals surface area contributed by atoms with Crippen molar-refractivity contribution in [3.63, 3.8) is 0 Å². The molecule has 0 radical (unpaired) electrons. The Bertz CT molecular complexity index is 1530. The molecule has 4 aromatic carbocycles. The first kappa shape index (κ1) is 42.7. The molecule has 7 nitrogen and oxygen atoms in total. The second kappa shape index (κ2) is 27.5. The summed E-state index contributed by atoms with van der Waals surface area (Å²) in [4.78, 5) is 0. The molecule has 0 aromatic heterocycles. The summed E-state index contributed by atoms with van der Waals surface area (Å²) in [5.74, 6) is 1.76. The molecule has 0 aliphatic carbocycles. The van der Waals surface area contributed by atoms with E-state index in [0.717, 1.165) is 87.1 Å². The van der Waals surface area contributed by atoms with Crippen LogP contribution in [-0.2, 0) is 17.6 Å². The molecule has 0 aliphatic rings. The van der Waals surface area contributed by atoms with Crippen molar-refractivity contribution in [2.24, 2.45) is 20.5 Å². The van der Waals surface area contributed by atoms with Crippen LogP contribution in [0.15, 0.2) is 154 Å². The number of hydrogen-bond donors (Lipinski definition) is 0. The SMILES string of the molecule is CCCCc1ccc(N=NC(CCCC=COC=CCCCC(CCOc2ccccc2)N=Nc2ccc(CCCC)cc2)CCOc2ccccc2)cc1. The van der Waals surface area contributed by atoms with Crippen molar-refractivity contribution in [2.45, 2.75) is 116 Å². The minimum Gasteiger partial charge on any atom is -0.494 e. The van der Waals surface area contributed by atoms with Crippen LogP contribution in [0.4, 0.5) is 11.4 Å². The first-order valence-corrected chi connectivity index (χ1v) is 20.5. The van der Waals surface area contributed by atoms with E-state index in [1.807, 2.05) is 60.7 Å². The molecule has 0 saturated heterocycles. The molecular weight excluding hydrogens is 681 g/mol. The zero-order valence-electron chi connectivity index (χ0n) is 33.2. The Labute approximate surface area is 330 Å². The van der Waals surface area contributed by atoms with Gasteiger partial charge < -0.3 is 14.2 Å². The van der Waals surface area contributed by atoms with Gasteiger partial charge in [0.1, 0.15) is 11.5 Å². The van der Waals surface area contributed by atoms with Crippen LogP contribution in [0.3, 0.4) is 0 Å². The molecular formula is C48H62N4O3. The van der Waals surface area contributed by atoms with Gasteiger partial charge in [-0.05, 0) is 136 Å². The summed E-state index contributed by atoms with van der Waals surface area (Å²) < 4.78 is 17.6. The van der Waals surface area contributed by atoms with Gasteiger partial charge in [-0.15, -0.1) is 0 Å². The van der Waals surface area contributed by atoms with E-state index in [2.05, 4.69) is 84.8 Å². The fraction of sp³-hybridized carbons (Fsp3) is 0.417. The summed E-state index contributed by atoms with van der Waals surface area (Å²) in [5, 5.41) is 18.6. The van der Waals surface area contributed by atoms with Crippen LogP contribution in [0.5, 0.6) is 11.5 Å². The van der Waals surface area contributed by atoms with Crippen LogP contribution in [0.2, 0.25) is 0 Å². The fourth-order valence-electron chi connectivity index (χ4n) is 5.93. The first-order chi connectivity index (χ1) is 27.2. The molecule has 0 saturated carbocycles. The molecule has 0 N–H and O–H groups in total. The van der Waals surface area contributed by atoms with Crippen molar-refractivity contribution in [3.8, 4) is 11.5 Å². The molecule has 0 spiro atoms. The van der Waals surface area contributed by atoms with Gasteiger partial charge in [0.05, 0.1) is 49.2 Å². The van der Waals surface area contributed by atoms with E-state index in [-0.39, 0.29) is 12.1 Å². The van der Waals surface area contributed by atoms with Crippen LogP contribution >= 0.6 is 0 Å². The third-order valence-electron chi connectivity index (χ3n) is 9.28. The number of hydrogen-bond acceptors (Lipinski definition) is 7. The van der Waals surface area contributed by atoms with Gasteiger partial charge in [0.2, 0.25) is 0 Å². The molecule has 0 bridgehead atoms. The standard InChI is InChI=1S/C48H62N4O3/c1-3-5-19-41-27-31-45(32-28-41)51-49-43(35-39-54-47-23-13-7-14-24-47)21-11-9-17-37-53-38-18-10-12-22-44(36-40-55-48-25-15-8-16-26-48)50-52-46-33-29-42(30-34-46)20-6-4-2/h7-8,13-18,23-34,37-38,43-44H,3-6,9-12,19-22,35-36,39-40H2,1-2H3. The maximum atomic E-state index is 5.97. The Kier molecular flexibility index (Phi) is 21.4. The van der Waals surface area contributed by atoms with Crippen molar-refractivity contribution >= 4 is 11.4 Å². The lowest BCUT2D eigenvalue weighted by Gasteiger charge is -2.12. The van der Waals surface area contributed by atoms with Gasteiger partial charge in [-0.25, -0.2) is 0 Å². The van der Waals surface area contributed by atoms with Gasteiger partial charge in [0, 0.05) is 12.8 Å². The topological polar surface area (TPSA) is 77.1 Å². The van der Waals surface area contributed by atoms with Crippen molar-refractivity contribution < 1.29 is 14.2 Å². The smallest absolute Gasteiger partial charge is 0.119 e. The molecule has 7 heteroatoms. The molecule has 4 rings (SSSR count). The van der Waals surface area contributed by atoms with Crippen molar-refractivity contribution in [1.82, 2.24) is 0 Å². The van der Waals surface area contributed by atoms with Crippen LogP contribution < -0.4 is 9.47 Å². The zero-order valence-corrected chi connectivity index (χ0v) is 33.2. The number of azo groups is 2.